The first kappa shape index (κ1) is 17.7. The van der Waals surface area contributed by atoms with Crippen LogP contribution in [0.3, 0.4) is 0 Å². The van der Waals surface area contributed by atoms with Crippen LogP contribution in [0, 0.1) is 13.8 Å². The van der Waals surface area contributed by atoms with Crippen LogP contribution < -0.4 is 5.56 Å². The number of fused-ring (bicyclic) bond motifs is 1. The van der Waals surface area contributed by atoms with Crippen molar-refractivity contribution in [2.45, 2.75) is 33.1 Å². The lowest BCUT2D eigenvalue weighted by Crippen LogP contribution is -2.21. The van der Waals surface area contributed by atoms with Gasteiger partial charge in [-0.1, -0.05) is 17.3 Å². The number of benzene rings is 1. The van der Waals surface area contributed by atoms with Crippen molar-refractivity contribution >= 4 is 16.9 Å². The largest absolute Gasteiger partial charge is 0.507 e. The summed E-state index contributed by atoms with van der Waals surface area (Å²) in [5, 5.41) is 15.2. The first-order valence-corrected chi connectivity index (χ1v) is 8.36. The summed E-state index contributed by atoms with van der Waals surface area (Å²) >= 11 is 0. The van der Waals surface area contributed by atoms with Crippen LogP contribution in [0.25, 0.3) is 10.9 Å². The number of hydrogen-bond acceptors (Lipinski definition) is 6. The summed E-state index contributed by atoms with van der Waals surface area (Å²) in [6, 6.07) is 6.94. The van der Waals surface area contributed by atoms with Gasteiger partial charge in [0.1, 0.15) is 11.5 Å². The van der Waals surface area contributed by atoms with Gasteiger partial charge in [-0.25, -0.2) is 0 Å². The van der Waals surface area contributed by atoms with Gasteiger partial charge >= 0.3 is 5.97 Å². The van der Waals surface area contributed by atoms with Gasteiger partial charge in [-0.15, -0.1) is 0 Å². The molecule has 2 heterocycles. The molecule has 3 rings (SSSR count). The Balaban J connectivity index is 2.24. The monoisotopic (exact) mass is 356 g/mol. The summed E-state index contributed by atoms with van der Waals surface area (Å²) in [6.07, 6.45) is -0.105. The standard InChI is InChI=1S/C19H20N2O5/c1-4-25-15(22)9-13(16-10(2)21-26-11(16)3)17-18(23)12-7-5-6-8-14(12)20-19(17)24/h5-8,13H,4,9H2,1-3H3,(H2,20,23,24). The van der Waals surface area contributed by atoms with Crippen LogP contribution in [-0.4, -0.2) is 27.8 Å². The predicted octanol–water partition coefficient (Wildman–Crippen LogP) is 2.92. The van der Waals surface area contributed by atoms with E-state index in [1.807, 2.05) is 0 Å². The summed E-state index contributed by atoms with van der Waals surface area (Å²) < 4.78 is 10.3. The number of para-hydroxylation sites is 1. The van der Waals surface area contributed by atoms with E-state index in [1.54, 1.807) is 45.0 Å². The fourth-order valence-corrected chi connectivity index (χ4v) is 3.29. The van der Waals surface area contributed by atoms with E-state index in [0.717, 1.165) is 0 Å². The van der Waals surface area contributed by atoms with Crippen molar-refractivity contribution in [3.63, 3.8) is 0 Å². The number of nitrogens with one attached hydrogen (secondary N) is 1. The van der Waals surface area contributed by atoms with Gasteiger partial charge in [0.05, 0.1) is 29.8 Å². The second kappa shape index (κ2) is 7.03. The van der Waals surface area contributed by atoms with Crippen LogP contribution in [0.15, 0.2) is 33.6 Å². The molecule has 0 bridgehead atoms. The smallest absolute Gasteiger partial charge is 0.306 e. The van der Waals surface area contributed by atoms with E-state index in [-0.39, 0.29) is 24.3 Å². The molecule has 1 unspecified atom stereocenters. The maximum absolute atomic E-state index is 12.7. The second-order valence-electron chi connectivity index (χ2n) is 6.06. The Morgan fingerprint density at radius 1 is 1.31 bits per heavy atom. The number of nitrogens with zero attached hydrogens (tertiary/aromatic N) is 1. The van der Waals surface area contributed by atoms with Crippen molar-refractivity contribution in [2.24, 2.45) is 0 Å². The van der Waals surface area contributed by atoms with Crippen LogP contribution in [0.1, 0.15) is 41.8 Å². The zero-order valence-electron chi connectivity index (χ0n) is 14.8. The van der Waals surface area contributed by atoms with Crippen molar-refractivity contribution in [2.75, 3.05) is 6.61 Å². The van der Waals surface area contributed by atoms with Gasteiger partial charge in [-0.3, -0.25) is 9.59 Å². The van der Waals surface area contributed by atoms with E-state index in [2.05, 4.69) is 10.1 Å². The molecule has 7 nitrogen and oxygen atoms in total. The van der Waals surface area contributed by atoms with Crippen molar-refractivity contribution < 1.29 is 19.2 Å². The molecule has 2 N–H and O–H groups in total. The van der Waals surface area contributed by atoms with Gasteiger partial charge in [0.15, 0.2) is 0 Å². The fourth-order valence-electron chi connectivity index (χ4n) is 3.29. The Morgan fingerprint density at radius 2 is 2.04 bits per heavy atom. The molecule has 1 aromatic carbocycles. The number of H-pyrrole nitrogens is 1. The first-order chi connectivity index (χ1) is 12.4. The van der Waals surface area contributed by atoms with Crippen LogP contribution in [0.4, 0.5) is 0 Å². The molecule has 0 spiro atoms. The zero-order chi connectivity index (χ0) is 18.8. The highest BCUT2D eigenvalue weighted by Gasteiger charge is 2.30. The van der Waals surface area contributed by atoms with Crippen molar-refractivity contribution in [1.82, 2.24) is 10.1 Å². The van der Waals surface area contributed by atoms with Crippen LogP contribution in [0.2, 0.25) is 0 Å². The van der Waals surface area contributed by atoms with Gasteiger partial charge in [0.2, 0.25) is 0 Å². The van der Waals surface area contributed by atoms with Crippen LogP contribution >= 0.6 is 0 Å². The number of aryl methyl sites for hydroxylation is 2. The molecule has 0 fully saturated rings. The molecule has 3 aromatic rings. The van der Waals surface area contributed by atoms with E-state index in [1.165, 1.54) is 0 Å². The molecular weight excluding hydrogens is 336 g/mol. The maximum atomic E-state index is 12.7. The zero-order valence-corrected chi connectivity index (χ0v) is 14.8. The average Bonchev–Trinajstić information content (AvgIpc) is 2.93. The number of ether oxygens (including phenoxy) is 1. The van der Waals surface area contributed by atoms with Gasteiger partial charge in [0, 0.05) is 16.9 Å². The minimum Gasteiger partial charge on any atom is -0.507 e. The molecule has 0 saturated carbocycles. The van der Waals surface area contributed by atoms with Gasteiger partial charge in [0.25, 0.3) is 5.56 Å². The molecule has 2 aromatic heterocycles. The lowest BCUT2D eigenvalue weighted by atomic mass is 9.86. The number of esters is 1. The van der Waals surface area contributed by atoms with E-state index >= 15 is 0 Å². The summed E-state index contributed by atoms with van der Waals surface area (Å²) in [4.78, 5) is 27.7. The van der Waals surface area contributed by atoms with E-state index in [0.29, 0.717) is 27.9 Å². The number of pyridine rings is 1. The molecule has 136 valence electrons. The average molecular weight is 356 g/mol. The number of rotatable bonds is 5. The number of aromatic amines is 1. The summed E-state index contributed by atoms with van der Waals surface area (Å²) in [5.41, 5.74) is 1.33. The molecule has 0 aliphatic carbocycles. The Kier molecular flexibility index (Phi) is 4.79. The molecule has 0 amide bonds. The van der Waals surface area contributed by atoms with Crippen molar-refractivity contribution in [3.8, 4) is 5.75 Å². The molecule has 0 aliphatic rings. The summed E-state index contributed by atoms with van der Waals surface area (Å²) in [5.74, 6) is -0.861. The first-order valence-electron chi connectivity index (χ1n) is 8.36. The minimum atomic E-state index is -0.728. The molecule has 1 atom stereocenters. The third kappa shape index (κ3) is 3.08. The van der Waals surface area contributed by atoms with Crippen molar-refractivity contribution in [3.05, 3.63) is 57.2 Å². The van der Waals surface area contributed by atoms with E-state index in [4.69, 9.17) is 9.26 Å². The minimum absolute atomic E-state index is 0.103. The normalized spacial score (nSPS) is 12.3. The highest BCUT2D eigenvalue weighted by atomic mass is 16.5. The van der Waals surface area contributed by atoms with Gasteiger partial charge < -0.3 is 19.4 Å². The fraction of sp³-hybridized carbons (Fsp3) is 0.316. The Morgan fingerprint density at radius 3 is 2.69 bits per heavy atom. The molecular formula is C19H20N2O5. The third-order valence-corrected chi connectivity index (χ3v) is 4.39. The Labute approximate surface area is 149 Å². The quantitative estimate of drug-likeness (QED) is 0.681. The SMILES string of the molecule is CCOC(=O)CC(c1c(C)noc1C)c1c(O)c2ccccc2[nH]c1=O. The maximum Gasteiger partial charge on any atom is 0.306 e. The molecule has 7 heteroatoms. The second-order valence-corrected chi connectivity index (χ2v) is 6.06. The van der Waals surface area contributed by atoms with E-state index < -0.39 is 17.4 Å². The molecule has 0 aliphatic heterocycles. The highest BCUT2D eigenvalue weighted by Crippen LogP contribution is 2.37. The van der Waals surface area contributed by atoms with E-state index in [9.17, 15) is 14.7 Å². The number of carbonyl (C=O) groups excluding carboxylic acids is 1. The Hall–Kier alpha value is -3.09. The predicted molar refractivity (Wildman–Crippen MR) is 95.3 cm³/mol. The summed E-state index contributed by atoms with van der Waals surface area (Å²) in [7, 11) is 0. The number of hydrogen-bond donors (Lipinski definition) is 2. The van der Waals surface area contributed by atoms with Gasteiger partial charge in [-0.05, 0) is 32.9 Å². The van der Waals surface area contributed by atoms with Crippen molar-refractivity contribution in [1.29, 1.82) is 0 Å². The van der Waals surface area contributed by atoms with Crippen LogP contribution in [-0.2, 0) is 9.53 Å². The Bertz CT molecular complexity index is 999. The molecule has 26 heavy (non-hydrogen) atoms. The topological polar surface area (TPSA) is 105 Å². The number of aromatic hydroxyl groups is 1. The lowest BCUT2D eigenvalue weighted by molar-refractivity contribution is -0.143. The number of aromatic nitrogens is 2. The third-order valence-electron chi connectivity index (χ3n) is 4.39. The lowest BCUT2D eigenvalue weighted by Gasteiger charge is -2.18. The molecule has 0 radical (unpaired) electrons. The molecule has 0 saturated heterocycles. The summed E-state index contributed by atoms with van der Waals surface area (Å²) in [6.45, 7) is 5.38. The number of carbonyl (C=O) groups is 1. The van der Waals surface area contributed by atoms with Gasteiger partial charge in [-0.2, -0.15) is 0 Å². The van der Waals surface area contributed by atoms with Crippen LogP contribution in [0.5, 0.6) is 5.75 Å². The highest BCUT2D eigenvalue weighted by molar-refractivity contribution is 5.86.